The van der Waals surface area contributed by atoms with E-state index in [0.717, 1.165) is 17.0 Å². The summed E-state index contributed by atoms with van der Waals surface area (Å²) in [7, 11) is 0. The molecule has 0 saturated carbocycles. The van der Waals surface area contributed by atoms with Crippen molar-refractivity contribution in [1.29, 1.82) is 5.26 Å². The number of fused-ring (bicyclic) bond motifs is 1. The Bertz CT molecular complexity index is 1270. The van der Waals surface area contributed by atoms with Gasteiger partial charge in [0.25, 0.3) is 11.8 Å². The van der Waals surface area contributed by atoms with E-state index in [-0.39, 0.29) is 28.9 Å². The maximum atomic E-state index is 13.5. The molecule has 12 heteroatoms. The second-order valence-corrected chi connectivity index (χ2v) is 8.47. The number of carbonyl (C=O) groups excluding carboxylic acids is 2. The molecule has 2 aliphatic heterocycles. The molecule has 0 radical (unpaired) electrons. The van der Waals surface area contributed by atoms with Gasteiger partial charge in [0.15, 0.2) is 16.6 Å². The zero-order valence-corrected chi connectivity index (χ0v) is 18.7. The summed E-state index contributed by atoms with van der Waals surface area (Å²) in [6.07, 6.45) is -5.74. The SMILES string of the molecule is CC1(C)C(=O)N(c2ccc(C#N)c(C(F)(F)F)c2)C(=S)N1c1ccc2c(c1)OC[C@@H](C(N)=O)O2. The molecule has 8 nitrogen and oxygen atoms in total. The van der Waals surface area contributed by atoms with Crippen LogP contribution in [0.15, 0.2) is 36.4 Å². The Labute approximate surface area is 197 Å². The quantitative estimate of drug-likeness (QED) is 0.659. The fourth-order valence-corrected chi connectivity index (χ4v) is 4.32. The molecule has 0 aliphatic carbocycles. The number of amides is 2. The molecule has 0 aromatic heterocycles. The molecule has 0 unspecified atom stereocenters. The number of hydrogen-bond acceptors (Lipinski definition) is 6. The van der Waals surface area contributed by atoms with Gasteiger partial charge in [-0.25, -0.2) is 0 Å². The van der Waals surface area contributed by atoms with E-state index in [1.807, 2.05) is 0 Å². The maximum Gasteiger partial charge on any atom is 0.417 e. The van der Waals surface area contributed by atoms with E-state index in [2.05, 4.69) is 0 Å². The van der Waals surface area contributed by atoms with Gasteiger partial charge in [-0.15, -0.1) is 0 Å². The number of anilines is 2. The number of ether oxygens (including phenoxy) is 2. The van der Waals surface area contributed by atoms with Crippen molar-refractivity contribution >= 4 is 40.5 Å². The van der Waals surface area contributed by atoms with Crippen LogP contribution in [-0.4, -0.2) is 35.2 Å². The third-order valence-corrected chi connectivity index (χ3v) is 5.88. The van der Waals surface area contributed by atoms with E-state index < -0.39 is 40.8 Å². The van der Waals surface area contributed by atoms with Crippen molar-refractivity contribution in [3.8, 4) is 17.6 Å². The molecule has 1 saturated heterocycles. The summed E-state index contributed by atoms with van der Waals surface area (Å²) in [5, 5.41) is 8.99. The van der Waals surface area contributed by atoms with Crippen molar-refractivity contribution in [1.82, 2.24) is 0 Å². The van der Waals surface area contributed by atoms with E-state index in [9.17, 15) is 22.8 Å². The van der Waals surface area contributed by atoms with Gasteiger partial charge < -0.3 is 20.1 Å². The zero-order valence-electron chi connectivity index (χ0n) is 17.8. The van der Waals surface area contributed by atoms with Gasteiger partial charge >= 0.3 is 6.18 Å². The average molecular weight is 490 g/mol. The lowest BCUT2D eigenvalue weighted by Gasteiger charge is -2.31. The van der Waals surface area contributed by atoms with Crippen molar-refractivity contribution in [3.05, 3.63) is 47.5 Å². The number of thiocarbonyl (C=S) groups is 1. The Kier molecular flexibility index (Phi) is 5.40. The molecule has 2 aromatic carbocycles. The first-order chi connectivity index (χ1) is 15.9. The normalized spacial score (nSPS) is 19.2. The summed E-state index contributed by atoms with van der Waals surface area (Å²) in [6.45, 7) is 3.06. The molecule has 2 N–H and O–H groups in total. The number of nitrogens with zero attached hydrogens (tertiary/aromatic N) is 3. The molecule has 1 atom stereocenters. The highest BCUT2D eigenvalue weighted by Gasteiger charge is 2.51. The Morgan fingerprint density at radius 3 is 2.50 bits per heavy atom. The highest BCUT2D eigenvalue weighted by atomic mass is 32.1. The molecule has 2 aliphatic rings. The average Bonchev–Trinajstić information content (AvgIpc) is 2.95. The number of primary amides is 1. The molecular weight excluding hydrogens is 473 g/mol. The van der Waals surface area contributed by atoms with E-state index >= 15 is 0 Å². The minimum absolute atomic E-state index is 0.0560. The molecule has 34 heavy (non-hydrogen) atoms. The molecule has 4 rings (SSSR count). The summed E-state index contributed by atoms with van der Waals surface area (Å²) in [4.78, 5) is 27.1. The number of carbonyl (C=O) groups is 2. The van der Waals surface area contributed by atoms with E-state index in [1.54, 1.807) is 26.0 Å². The van der Waals surface area contributed by atoms with Crippen LogP contribution in [0, 0.1) is 11.3 Å². The van der Waals surface area contributed by atoms with Gasteiger partial charge in [0.05, 0.1) is 22.9 Å². The smallest absolute Gasteiger partial charge is 0.417 e. The van der Waals surface area contributed by atoms with Gasteiger partial charge in [-0.3, -0.25) is 14.5 Å². The van der Waals surface area contributed by atoms with E-state index in [0.29, 0.717) is 5.69 Å². The second kappa shape index (κ2) is 7.88. The van der Waals surface area contributed by atoms with Crippen LogP contribution in [-0.2, 0) is 15.8 Å². The Hall–Kier alpha value is -3.85. The lowest BCUT2D eigenvalue weighted by molar-refractivity contribution is -0.137. The first kappa shape index (κ1) is 23.3. The number of rotatable bonds is 3. The van der Waals surface area contributed by atoms with Crippen LogP contribution in [0.4, 0.5) is 24.5 Å². The van der Waals surface area contributed by atoms with E-state index in [1.165, 1.54) is 23.1 Å². The molecule has 2 aromatic rings. The standard InChI is InChI=1S/C22H17F3N4O4S/c1-21(2)19(31)28(12-4-3-11(9-26)14(7-12)22(23,24)25)20(34)29(21)13-5-6-15-16(8-13)32-10-17(33-15)18(27)30/h3-8,17H,10H2,1-2H3,(H2,27,30)/t17-/m0/s1. The van der Waals surface area contributed by atoms with Crippen LogP contribution < -0.4 is 25.0 Å². The first-order valence-electron chi connectivity index (χ1n) is 9.89. The van der Waals surface area contributed by atoms with Gasteiger partial charge in [0.2, 0.25) is 6.10 Å². The van der Waals surface area contributed by atoms with Gasteiger partial charge in [-0.05, 0) is 56.4 Å². The third kappa shape index (κ3) is 3.67. The first-order valence-corrected chi connectivity index (χ1v) is 10.3. The molecule has 1 fully saturated rings. The van der Waals surface area contributed by atoms with Gasteiger partial charge in [0, 0.05) is 11.8 Å². The van der Waals surface area contributed by atoms with Crippen molar-refractivity contribution in [2.75, 3.05) is 16.4 Å². The van der Waals surface area contributed by atoms with Crippen molar-refractivity contribution in [3.63, 3.8) is 0 Å². The molecule has 0 bridgehead atoms. The lowest BCUT2D eigenvalue weighted by Crippen LogP contribution is -2.44. The Balaban J connectivity index is 1.73. The fourth-order valence-electron chi connectivity index (χ4n) is 3.80. The topological polar surface area (TPSA) is 109 Å². The maximum absolute atomic E-state index is 13.5. The predicted molar refractivity (Wildman–Crippen MR) is 118 cm³/mol. The summed E-state index contributed by atoms with van der Waals surface area (Å²) in [5.41, 5.74) is 2.57. The van der Waals surface area contributed by atoms with Crippen LogP contribution in [0.2, 0.25) is 0 Å². The van der Waals surface area contributed by atoms with Crippen LogP contribution in [0.1, 0.15) is 25.0 Å². The number of hydrogen-bond donors (Lipinski definition) is 1. The molecular formula is C22H17F3N4O4S. The largest absolute Gasteiger partial charge is 0.485 e. The number of halogens is 3. The molecule has 2 heterocycles. The van der Waals surface area contributed by atoms with Crippen LogP contribution in [0.3, 0.4) is 0 Å². The molecule has 176 valence electrons. The minimum Gasteiger partial charge on any atom is -0.485 e. The second-order valence-electron chi connectivity index (χ2n) is 8.11. The predicted octanol–water partition coefficient (Wildman–Crippen LogP) is 3.12. The van der Waals surface area contributed by atoms with Gasteiger partial charge in [0.1, 0.15) is 12.1 Å². The van der Waals surface area contributed by atoms with Crippen molar-refractivity contribution in [2.24, 2.45) is 5.73 Å². The fraction of sp³-hybridized carbons (Fsp3) is 0.273. The van der Waals surface area contributed by atoms with Crippen LogP contribution in [0.25, 0.3) is 0 Å². The van der Waals surface area contributed by atoms with Gasteiger partial charge in [-0.2, -0.15) is 18.4 Å². The van der Waals surface area contributed by atoms with E-state index in [4.69, 9.17) is 32.7 Å². The summed E-state index contributed by atoms with van der Waals surface area (Å²) in [5.74, 6) is -0.679. The van der Waals surface area contributed by atoms with Crippen LogP contribution >= 0.6 is 12.2 Å². The number of nitriles is 1. The van der Waals surface area contributed by atoms with Crippen molar-refractivity contribution in [2.45, 2.75) is 31.7 Å². The van der Waals surface area contributed by atoms with Crippen molar-refractivity contribution < 1.29 is 32.2 Å². The molecule has 0 spiro atoms. The summed E-state index contributed by atoms with van der Waals surface area (Å²) in [6, 6.07) is 9.14. The highest BCUT2D eigenvalue weighted by molar-refractivity contribution is 7.81. The number of benzene rings is 2. The Morgan fingerprint density at radius 2 is 1.88 bits per heavy atom. The minimum atomic E-state index is -4.79. The number of nitrogens with two attached hydrogens (primary N) is 1. The lowest BCUT2D eigenvalue weighted by atomic mass is 10.0. The Morgan fingerprint density at radius 1 is 1.21 bits per heavy atom. The van der Waals surface area contributed by atoms with Crippen LogP contribution in [0.5, 0.6) is 11.5 Å². The zero-order chi connectivity index (χ0) is 25.0. The monoisotopic (exact) mass is 490 g/mol. The highest BCUT2D eigenvalue weighted by Crippen LogP contribution is 2.42. The summed E-state index contributed by atoms with van der Waals surface area (Å²) < 4.78 is 51.5. The number of alkyl halides is 3. The third-order valence-electron chi connectivity index (χ3n) is 5.52. The molecule has 2 amide bonds. The van der Waals surface area contributed by atoms with Gasteiger partial charge in [-0.1, -0.05) is 0 Å². The summed E-state index contributed by atoms with van der Waals surface area (Å²) >= 11 is 5.51.